The first-order valence-electron chi connectivity index (χ1n) is 9.28. The smallest absolute Gasteiger partial charge is 0.258 e. The summed E-state index contributed by atoms with van der Waals surface area (Å²) in [6.45, 7) is 1.52. The zero-order valence-electron chi connectivity index (χ0n) is 15.7. The van der Waals surface area contributed by atoms with Crippen LogP contribution in [0.3, 0.4) is 0 Å². The minimum Gasteiger partial charge on any atom is -0.379 e. The Labute approximate surface area is 175 Å². The number of fused-ring (bicyclic) bond motifs is 1. The van der Waals surface area contributed by atoms with Gasteiger partial charge in [0.15, 0.2) is 0 Å². The second-order valence-electron chi connectivity index (χ2n) is 7.64. The van der Waals surface area contributed by atoms with Gasteiger partial charge in [-0.1, -0.05) is 12.1 Å². The van der Waals surface area contributed by atoms with Crippen LogP contribution in [0.25, 0.3) is 0 Å². The first-order chi connectivity index (χ1) is 14.0. The Morgan fingerprint density at radius 3 is 2.79 bits per heavy atom. The van der Waals surface area contributed by atoms with Gasteiger partial charge < -0.3 is 14.2 Å². The van der Waals surface area contributed by atoms with Crippen LogP contribution in [0.15, 0.2) is 47.2 Å². The third kappa shape index (κ3) is 2.89. The molecular weight excluding hydrogens is 439 g/mol. The summed E-state index contributed by atoms with van der Waals surface area (Å²) in [7, 11) is 1.93. The normalized spacial score (nSPS) is 17.3. The van der Waals surface area contributed by atoms with Crippen LogP contribution in [0, 0.1) is 5.82 Å². The molecule has 1 amide bonds. The van der Waals surface area contributed by atoms with E-state index in [0.717, 1.165) is 17.1 Å². The summed E-state index contributed by atoms with van der Waals surface area (Å²) >= 11 is 3.28. The van der Waals surface area contributed by atoms with E-state index in [-0.39, 0.29) is 17.1 Å². The lowest BCUT2D eigenvalue weighted by atomic mass is 9.75. The van der Waals surface area contributed by atoms with Crippen LogP contribution in [0.2, 0.25) is 0 Å². The van der Waals surface area contributed by atoms with Crippen LogP contribution in [-0.2, 0) is 30.2 Å². The highest BCUT2D eigenvalue weighted by Crippen LogP contribution is 2.39. The van der Waals surface area contributed by atoms with Gasteiger partial charge in [-0.15, -0.1) is 10.2 Å². The van der Waals surface area contributed by atoms with Crippen molar-refractivity contribution in [3.05, 3.63) is 75.5 Å². The van der Waals surface area contributed by atoms with Crippen LogP contribution >= 0.6 is 15.9 Å². The van der Waals surface area contributed by atoms with E-state index in [1.807, 2.05) is 29.8 Å². The van der Waals surface area contributed by atoms with Crippen LogP contribution in [0.4, 0.5) is 10.1 Å². The number of ether oxygens (including phenoxy) is 1. The van der Waals surface area contributed by atoms with Crippen LogP contribution < -0.4 is 4.90 Å². The molecule has 0 aliphatic carbocycles. The van der Waals surface area contributed by atoms with Crippen molar-refractivity contribution < 1.29 is 13.9 Å². The average Bonchev–Trinajstić information content (AvgIpc) is 3.25. The molecule has 2 aliphatic rings. The molecular formula is C21H18BrFN4O2. The molecule has 6 nitrogen and oxygen atoms in total. The van der Waals surface area contributed by atoms with Gasteiger partial charge in [0, 0.05) is 35.7 Å². The second kappa shape index (κ2) is 6.74. The number of rotatable bonds is 4. The second-order valence-corrected chi connectivity index (χ2v) is 8.43. The van der Waals surface area contributed by atoms with Gasteiger partial charge >= 0.3 is 0 Å². The minimum atomic E-state index is -0.360. The van der Waals surface area contributed by atoms with E-state index in [9.17, 15) is 9.18 Å². The molecule has 0 bridgehead atoms. The number of halogens is 2. The lowest BCUT2D eigenvalue weighted by Crippen LogP contribution is -2.49. The fourth-order valence-corrected chi connectivity index (χ4v) is 4.50. The number of benzene rings is 2. The predicted molar refractivity (Wildman–Crippen MR) is 108 cm³/mol. The van der Waals surface area contributed by atoms with Crippen molar-refractivity contribution in [3.8, 4) is 0 Å². The molecule has 29 heavy (non-hydrogen) atoms. The molecule has 0 radical (unpaired) electrons. The van der Waals surface area contributed by atoms with Gasteiger partial charge in [0.25, 0.3) is 5.91 Å². The molecule has 2 aromatic carbocycles. The van der Waals surface area contributed by atoms with E-state index < -0.39 is 0 Å². The Morgan fingerprint density at radius 2 is 2.10 bits per heavy atom. The van der Waals surface area contributed by atoms with E-state index in [1.165, 1.54) is 6.07 Å². The molecule has 148 valence electrons. The molecule has 1 saturated heterocycles. The lowest BCUT2D eigenvalue weighted by Gasteiger charge is -2.42. The largest absolute Gasteiger partial charge is 0.379 e. The highest BCUT2D eigenvalue weighted by molar-refractivity contribution is 9.10. The molecule has 1 aromatic heterocycles. The summed E-state index contributed by atoms with van der Waals surface area (Å²) in [5, 5.41) is 8.19. The van der Waals surface area contributed by atoms with Crippen molar-refractivity contribution in [1.29, 1.82) is 0 Å². The van der Waals surface area contributed by atoms with Crippen molar-refractivity contribution in [1.82, 2.24) is 14.8 Å². The van der Waals surface area contributed by atoms with Crippen molar-refractivity contribution >= 4 is 27.5 Å². The number of amides is 1. The topological polar surface area (TPSA) is 60.2 Å². The van der Waals surface area contributed by atoms with Gasteiger partial charge in [-0.25, -0.2) is 4.39 Å². The molecule has 0 spiro atoms. The molecule has 0 atom stereocenters. The van der Waals surface area contributed by atoms with E-state index in [1.54, 1.807) is 17.3 Å². The van der Waals surface area contributed by atoms with Gasteiger partial charge in [-0.2, -0.15) is 0 Å². The quantitative estimate of drug-likeness (QED) is 0.603. The molecule has 0 N–H and O–H groups in total. The predicted octanol–water partition coefficient (Wildman–Crippen LogP) is 3.39. The van der Waals surface area contributed by atoms with Gasteiger partial charge in [-0.05, 0) is 45.8 Å². The van der Waals surface area contributed by atoms with Gasteiger partial charge in [0.1, 0.15) is 18.0 Å². The summed E-state index contributed by atoms with van der Waals surface area (Å²) in [6, 6.07) is 10.8. The standard InChI is InChI=1S/C21H18BrFN4O2/c1-26-12-24-25-18(26)8-21(10-29-11-21)13-3-2-4-14(7-13)27-9-16-15(20(27)28)5-6-17(23)19(16)22/h2-7,12H,8-11H2,1H3. The van der Waals surface area contributed by atoms with Crippen molar-refractivity contribution in [2.24, 2.45) is 7.05 Å². The van der Waals surface area contributed by atoms with Crippen LogP contribution in [0.5, 0.6) is 0 Å². The highest BCUT2D eigenvalue weighted by atomic mass is 79.9. The Bertz CT molecular complexity index is 1130. The van der Waals surface area contributed by atoms with E-state index in [2.05, 4.69) is 32.2 Å². The molecule has 5 rings (SSSR count). The molecule has 1 fully saturated rings. The van der Waals surface area contributed by atoms with E-state index in [4.69, 9.17) is 4.74 Å². The maximum Gasteiger partial charge on any atom is 0.258 e. The van der Waals surface area contributed by atoms with Crippen LogP contribution in [0.1, 0.15) is 27.3 Å². The van der Waals surface area contributed by atoms with Crippen molar-refractivity contribution in [3.63, 3.8) is 0 Å². The Hall–Kier alpha value is -2.58. The van der Waals surface area contributed by atoms with Gasteiger partial charge in [0.05, 0.1) is 24.2 Å². The summed E-state index contributed by atoms with van der Waals surface area (Å²) in [5.41, 5.74) is 2.91. The SMILES string of the molecule is Cn1cnnc1CC1(c2cccc(N3Cc4c(ccc(F)c4Br)C3=O)c2)COC1. The Balaban J connectivity index is 1.48. The molecule has 3 heterocycles. The number of carbonyl (C=O) groups is 1. The van der Waals surface area contributed by atoms with E-state index >= 15 is 0 Å². The molecule has 3 aromatic rings. The maximum atomic E-state index is 13.9. The van der Waals surface area contributed by atoms with Crippen molar-refractivity contribution in [2.45, 2.75) is 18.4 Å². The van der Waals surface area contributed by atoms with Gasteiger partial charge in [-0.3, -0.25) is 4.79 Å². The van der Waals surface area contributed by atoms with Gasteiger partial charge in [0.2, 0.25) is 0 Å². The van der Waals surface area contributed by atoms with Crippen LogP contribution in [-0.4, -0.2) is 33.9 Å². The fourth-order valence-electron chi connectivity index (χ4n) is 4.02. The number of anilines is 1. The summed E-state index contributed by atoms with van der Waals surface area (Å²) in [6.07, 6.45) is 2.40. The molecule has 2 aliphatic heterocycles. The summed E-state index contributed by atoms with van der Waals surface area (Å²) in [4.78, 5) is 14.6. The maximum absolute atomic E-state index is 13.9. The monoisotopic (exact) mass is 456 g/mol. The fraction of sp³-hybridized carbons (Fsp3) is 0.286. The summed E-state index contributed by atoms with van der Waals surface area (Å²) in [5.74, 6) is 0.411. The highest BCUT2D eigenvalue weighted by Gasteiger charge is 2.42. The average molecular weight is 457 g/mol. The molecule has 0 saturated carbocycles. The molecule has 8 heteroatoms. The Morgan fingerprint density at radius 1 is 1.28 bits per heavy atom. The third-order valence-corrected chi connectivity index (χ3v) is 6.67. The van der Waals surface area contributed by atoms with E-state index in [0.29, 0.717) is 41.8 Å². The minimum absolute atomic E-state index is 0.120. The first kappa shape index (κ1) is 18.4. The molecule has 0 unspecified atom stereocenters. The zero-order chi connectivity index (χ0) is 20.2. The number of hydrogen-bond donors (Lipinski definition) is 0. The lowest BCUT2D eigenvalue weighted by molar-refractivity contribution is -0.0611. The van der Waals surface area contributed by atoms with Crippen molar-refractivity contribution in [2.75, 3.05) is 18.1 Å². The first-order valence-corrected chi connectivity index (χ1v) is 10.1. The number of carbonyl (C=O) groups excluding carboxylic acids is 1. The third-order valence-electron chi connectivity index (χ3n) is 5.82. The number of aryl methyl sites for hydroxylation is 1. The summed E-state index contributed by atoms with van der Waals surface area (Å²) < 4.78 is 21.7. The number of hydrogen-bond acceptors (Lipinski definition) is 4. The Kier molecular flexibility index (Phi) is 4.29. The number of nitrogens with zero attached hydrogens (tertiary/aromatic N) is 4. The number of aromatic nitrogens is 3. The zero-order valence-corrected chi connectivity index (χ0v) is 17.3.